The standard InChI is InChI=1S/C14H22N2O4S/c1-3-4-7-16(8-9-17)21(19,20)12-6-5-11(2)13(10-12)14(15)18/h5-6,10,17H,3-4,7-9H2,1-2H3,(H2,15,18). The first kappa shape index (κ1) is 17.6. The summed E-state index contributed by atoms with van der Waals surface area (Å²) in [5.41, 5.74) is 6.07. The molecule has 0 aliphatic carbocycles. The summed E-state index contributed by atoms with van der Waals surface area (Å²) in [6.45, 7) is 3.76. The molecule has 6 nitrogen and oxygen atoms in total. The summed E-state index contributed by atoms with van der Waals surface area (Å²) < 4.78 is 26.4. The van der Waals surface area contributed by atoms with Crippen molar-refractivity contribution >= 4 is 15.9 Å². The SMILES string of the molecule is CCCCN(CCO)S(=O)(=O)c1ccc(C)c(C(N)=O)c1. The smallest absolute Gasteiger partial charge is 0.249 e. The van der Waals surface area contributed by atoms with E-state index in [1.54, 1.807) is 13.0 Å². The lowest BCUT2D eigenvalue weighted by molar-refractivity contribution is 0.0999. The number of unbranched alkanes of at least 4 members (excludes halogenated alkanes) is 1. The maximum absolute atomic E-state index is 12.6. The van der Waals surface area contributed by atoms with E-state index in [4.69, 9.17) is 10.8 Å². The second-order valence-corrected chi connectivity index (χ2v) is 6.76. The molecule has 0 aliphatic heterocycles. The van der Waals surface area contributed by atoms with Crippen LogP contribution in [0.1, 0.15) is 35.7 Å². The molecule has 0 radical (unpaired) electrons. The number of hydrogen-bond donors (Lipinski definition) is 2. The van der Waals surface area contributed by atoms with Gasteiger partial charge in [0.2, 0.25) is 15.9 Å². The number of hydrogen-bond acceptors (Lipinski definition) is 4. The van der Waals surface area contributed by atoms with E-state index in [1.165, 1.54) is 16.4 Å². The molecule has 0 aromatic heterocycles. The summed E-state index contributed by atoms with van der Waals surface area (Å²) in [6.07, 6.45) is 1.55. The average Bonchev–Trinajstić information content (AvgIpc) is 2.43. The molecule has 0 fully saturated rings. The van der Waals surface area contributed by atoms with Crippen LogP contribution in [-0.2, 0) is 10.0 Å². The number of carbonyl (C=O) groups excluding carboxylic acids is 1. The highest BCUT2D eigenvalue weighted by molar-refractivity contribution is 7.89. The van der Waals surface area contributed by atoms with Gasteiger partial charge >= 0.3 is 0 Å². The van der Waals surface area contributed by atoms with Crippen molar-refractivity contribution in [3.8, 4) is 0 Å². The molecular weight excluding hydrogens is 292 g/mol. The zero-order chi connectivity index (χ0) is 16.0. The van der Waals surface area contributed by atoms with Gasteiger partial charge in [-0.05, 0) is 31.0 Å². The minimum Gasteiger partial charge on any atom is -0.395 e. The van der Waals surface area contributed by atoms with Crippen LogP contribution in [0.4, 0.5) is 0 Å². The Bertz CT molecular complexity index is 599. The molecule has 0 heterocycles. The Morgan fingerprint density at radius 1 is 1.33 bits per heavy atom. The fourth-order valence-corrected chi connectivity index (χ4v) is 3.47. The van der Waals surface area contributed by atoms with Gasteiger partial charge in [-0.3, -0.25) is 4.79 Å². The summed E-state index contributed by atoms with van der Waals surface area (Å²) in [4.78, 5) is 11.4. The molecule has 21 heavy (non-hydrogen) atoms. The van der Waals surface area contributed by atoms with E-state index in [-0.39, 0.29) is 23.6 Å². The van der Waals surface area contributed by atoms with E-state index in [0.717, 1.165) is 6.42 Å². The lowest BCUT2D eigenvalue weighted by Crippen LogP contribution is -2.34. The fraction of sp³-hybridized carbons (Fsp3) is 0.500. The monoisotopic (exact) mass is 314 g/mol. The molecule has 1 aromatic rings. The van der Waals surface area contributed by atoms with Gasteiger partial charge in [0.25, 0.3) is 0 Å². The number of primary amides is 1. The van der Waals surface area contributed by atoms with Gasteiger partial charge in [0.05, 0.1) is 11.5 Å². The highest BCUT2D eigenvalue weighted by Gasteiger charge is 2.24. The first-order valence-electron chi connectivity index (χ1n) is 6.86. The summed E-state index contributed by atoms with van der Waals surface area (Å²) in [5.74, 6) is -0.660. The molecule has 0 atom stereocenters. The van der Waals surface area contributed by atoms with Gasteiger partial charge in [-0.25, -0.2) is 8.42 Å². The molecule has 0 saturated heterocycles. The highest BCUT2D eigenvalue weighted by atomic mass is 32.2. The average molecular weight is 314 g/mol. The lowest BCUT2D eigenvalue weighted by atomic mass is 10.1. The van der Waals surface area contributed by atoms with Gasteiger partial charge in [0.15, 0.2) is 0 Å². The summed E-state index contributed by atoms with van der Waals surface area (Å²) in [5, 5.41) is 9.05. The minimum atomic E-state index is -3.74. The Hall–Kier alpha value is -1.44. The quantitative estimate of drug-likeness (QED) is 0.743. The van der Waals surface area contributed by atoms with Crippen LogP contribution in [-0.4, -0.2) is 43.4 Å². The van der Waals surface area contributed by atoms with Crippen LogP contribution in [0.2, 0.25) is 0 Å². The van der Waals surface area contributed by atoms with Crippen molar-refractivity contribution in [3.05, 3.63) is 29.3 Å². The third kappa shape index (κ3) is 4.26. The van der Waals surface area contributed by atoms with Crippen LogP contribution in [0.15, 0.2) is 23.1 Å². The molecule has 0 bridgehead atoms. The van der Waals surface area contributed by atoms with Crippen molar-refractivity contribution in [1.82, 2.24) is 4.31 Å². The molecule has 3 N–H and O–H groups in total. The van der Waals surface area contributed by atoms with Gasteiger partial charge in [-0.15, -0.1) is 0 Å². The molecule has 0 unspecified atom stereocenters. The zero-order valence-corrected chi connectivity index (χ0v) is 13.2. The molecule has 118 valence electrons. The number of benzene rings is 1. The summed E-state index contributed by atoms with van der Waals surface area (Å²) >= 11 is 0. The molecule has 7 heteroatoms. The second kappa shape index (κ2) is 7.53. The van der Waals surface area contributed by atoms with Crippen LogP contribution in [0.25, 0.3) is 0 Å². The second-order valence-electron chi connectivity index (χ2n) is 4.82. The van der Waals surface area contributed by atoms with Crippen LogP contribution < -0.4 is 5.73 Å². The maximum atomic E-state index is 12.6. The molecule has 1 rings (SSSR count). The number of aliphatic hydroxyl groups excluding tert-OH is 1. The Kier molecular flexibility index (Phi) is 6.32. The summed E-state index contributed by atoms with van der Waals surface area (Å²) in [7, 11) is -3.74. The number of nitrogens with zero attached hydrogens (tertiary/aromatic N) is 1. The van der Waals surface area contributed by atoms with Crippen molar-refractivity contribution in [2.45, 2.75) is 31.6 Å². The van der Waals surface area contributed by atoms with Crippen molar-refractivity contribution in [2.24, 2.45) is 5.73 Å². The van der Waals surface area contributed by atoms with Gasteiger partial charge in [0, 0.05) is 18.7 Å². The van der Waals surface area contributed by atoms with E-state index in [0.29, 0.717) is 18.5 Å². The topological polar surface area (TPSA) is 101 Å². The predicted molar refractivity (Wildman–Crippen MR) is 80.4 cm³/mol. The van der Waals surface area contributed by atoms with E-state index < -0.39 is 15.9 Å². The van der Waals surface area contributed by atoms with Crippen molar-refractivity contribution in [2.75, 3.05) is 19.7 Å². The Labute approximate surface area is 125 Å². The van der Waals surface area contributed by atoms with Crippen molar-refractivity contribution in [3.63, 3.8) is 0 Å². The number of sulfonamides is 1. The fourth-order valence-electron chi connectivity index (χ4n) is 1.97. The van der Waals surface area contributed by atoms with Gasteiger partial charge in [0.1, 0.15) is 0 Å². The number of aryl methyl sites for hydroxylation is 1. The van der Waals surface area contributed by atoms with Crippen molar-refractivity contribution < 1.29 is 18.3 Å². The number of amides is 1. The van der Waals surface area contributed by atoms with Crippen molar-refractivity contribution in [1.29, 1.82) is 0 Å². The third-order valence-electron chi connectivity index (χ3n) is 3.22. The Morgan fingerprint density at radius 2 is 2.00 bits per heavy atom. The number of carbonyl (C=O) groups is 1. The first-order chi connectivity index (χ1) is 9.84. The molecule has 0 saturated carbocycles. The number of aliphatic hydroxyl groups is 1. The van der Waals surface area contributed by atoms with E-state index in [1.807, 2.05) is 6.92 Å². The van der Waals surface area contributed by atoms with Gasteiger partial charge in [-0.2, -0.15) is 4.31 Å². The number of nitrogens with two attached hydrogens (primary N) is 1. The molecule has 0 spiro atoms. The minimum absolute atomic E-state index is 0.0199. The Balaban J connectivity index is 3.21. The number of rotatable bonds is 8. The third-order valence-corrected chi connectivity index (χ3v) is 5.12. The van der Waals surface area contributed by atoms with E-state index in [9.17, 15) is 13.2 Å². The van der Waals surface area contributed by atoms with Gasteiger partial charge < -0.3 is 10.8 Å². The first-order valence-corrected chi connectivity index (χ1v) is 8.30. The van der Waals surface area contributed by atoms with Crippen LogP contribution in [0, 0.1) is 6.92 Å². The van der Waals surface area contributed by atoms with Crippen LogP contribution in [0.3, 0.4) is 0 Å². The van der Waals surface area contributed by atoms with Gasteiger partial charge in [-0.1, -0.05) is 19.4 Å². The molecule has 1 aromatic carbocycles. The van der Waals surface area contributed by atoms with E-state index >= 15 is 0 Å². The molecule has 0 aliphatic rings. The van der Waals surface area contributed by atoms with Crippen LogP contribution >= 0.6 is 0 Å². The van der Waals surface area contributed by atoms with Crippen LogP contribution in [0.5, 0.6) is 0 Å². The highest BCUT2D eigenvalue weighted by Crippen LogP contribution is 2.19. The summed E-state index contributed by atoms with van der Waals surface area (Å²) in [6, 6.07) is 4.31. The molecular formula is C14H22N2O4S. The lowest BCUT2D eigenvalue weighted by Gasteiger charge is -2.21. The Morgan fingerprint density at radius 3 is 2.52 bits per heavy atom. The molecule has 1 amide bonds. The normalized spacial score (nSPS) is 11.8. The zero-order valence-electron chi connectivity index (χ0n) is 12.4. The largest absolute Gasteiger partial charge is 0.395 e. The van der Waals surface area contributed by atoms with E-state index in [2.05, 4.69) is 0 Å². The maximum Gasteiger partial charge on any atom is 0.249 e. The predicted octanol–water partition coefficient (Wildman–Crippen LogP) is 0.877.